The van der Waals surface area contributed by atoms with E-state index in [0.717, 1.165) is 12.8 Å². The summed E-state index contributed by atoms with van der Waals surface area (Å²) in [5, 5.41) is 0. The highest BCUT2D eigenvalue weighted by atomic mass is 32.2. The van der Waals surface area contributed by atoms with Gasteiger partial charge in [0.05, 0.1) is 11.5 Å². The highest BCUT2D eigenvalue weighted by Gasteiger charge is 2.29. The van der Waals surface area contributed by atoms with E-state index in [1.807, 2.05) is 0 Å². The summed E-state index contributed by atoms with van der Waals surface area (Å²) in [6.45, 7) is 5.02. The minimum absolute atomic E-state index is 0.0894. The average Bonchev–Trinajstić information content (AvgIpc) is 3.27. The maximum absolute atomic E-state index is 12.1. The van der Waals surface area contributed by atoms with E-state index >= 15 is 0 Å². The predicted molar refractivity (Wildman–Crippen MR) is 82.7 cm³/mol. The summed E-state index contributed by atoms with van der Waals surface area (Å²) in [6.07, 6.45) is 2.20. The van der Waals surface area contributed by atoms with Crippen LogP contribution in [0.25, 0.3) is 0 Å². The molecule has 1 aliphatic rings. The van der Waals surface area contributed by atoms with Gasteiger partial charge in [-0.3, -0.25) is 0 Å². The van der Waals surface area contributed by atoms with Gasteiger partial charge in [-0.05, 0) is 48.9 Å². The SMILES string of the molecule is CC(C)COc1ccc(S(=O)(=O)NCC(N)C2CC2)cc1. The number of rotatable bonds is 8. The van der Waals surface area contributed by atoms with Crippen LogP contribution in [0.5, 0.6) is 5.75 Å². The van der Waals surface area contributed by atoms with Crippen molar-refractivity contribution in [3.63, 3.8) is 0 Å². The molecule has 1 unspecified atom stereocenters. The Morgan fingerprint density at radius 2 is 1.90 bits per heavy atom. The molecule has 1 aromatic carbocycles. The third-order valence-corrected chi connectivity index (χ3v) is 4.89. The van der Waals surface area contributed by atoms with Crippen LogP contribution in [0.15, 0.2) is 29.2 Å². The monoisotopic (exact) mass is 312 g/mol. The Bertz CT molecular complexity index is 551. The van der Waals surface area contributed by atoms with Crippen molar-refractivity contribution in [2.75, 3.05) is 13.2 Å². The van der Waals surface area contributed by atoms with Crippen LogP contribution < -0.4 is 15.2 Å². The fourth-order valence-electron chi connectivity index (χ4n) is 1.96. The Morgan fingerprint density at radius 3 is 2.43 bits per heavy atom. The molecular formula is C15H24N2O3S. The molecule has 1 fully saturated rings. The summed E-state index contributed by atoms with van der Waals surface area (Å²) in [6, 6.07) is 6.38. The van der Waals surface area contributed by atoms with Crippen LogP contribution in [0.2, 0.25) is 0 Å². The van der Waals surface area contributed by atoms with Gasteiger partial charge >= 0.3 is 0 Å². The van der Waals surface area contributed by atoms with Crippen LogP contribution in [0.1, 0.15) is 26.7 Å². The number of hydrogen-bond acceptors (Lipinski definition) is 4. The van der Waals surface area contributed by atoms with E-state index < -0.39 is 10.0 Å². The van der Waals surface area contributed by atoms with E-state index in [0.29, 0.717) is 30.7 Å². The minimum atomic E-state index is -3.49. The Labute approximate surface area is 126 Å². The molecule has 5 nitrogen and oxygen atoms in total. The lowest BCUT2D eigenvalue weighted by molar-refractivity contribution is 0.271. The summed E-state index contributed by atoms with van der Waals surface area (Å²) in [4.78, 5) is 0.238. The van der Waals surface area contributed by atoms with Crippen molar-refractivity contribution in [3.05, 3.63) is 24.3 Å². The second-order valence-electron chi connectivity index (χ2n) is 6.03. The molecule has 1 atom stereocenters. The van der Waals surface area contributed by atoms with E-state index in [9.17, 15) is 8.42 Å². The van der Waals surface area contributed by atoms with Crippen molar-refractivity contribution in [2.24, 2.45) is 17.6 Å². The molecule has 3 N–H and O–H groups in total. The van der Waals surface area contributed by atoms with Gasteiger partial charge in [0.1, 0.15) is 5.75 Å². The molecule has 21 heavy (non-hydrogen) atoms. The van der Waals surface area contributed by atoms with E-state index in [2.05, 4.69) is 18.6 Å². The molecule has 0 saturated heterocycles. The molecule has 1 aliphatic carbocycles. The molecule has 0 radical (unpaired) electrons. The molecule has 0 spiro atoms. The molecule has 0 bridgehead atoms. The molecule has 0 heterocycles. The summed E-state index contributed by atoms with van der Waals surface area (Å²) in [5.74, 6) is 1.58. The van der Waals surface area contributed by atoms with Gasteiger partial charge in [-0.1, -0.05) is 13.8 Å². The number of ether oxygens (including phenoxy) is 1. The van der Waals surface area contributed by atoms with Gasteiger partial charge in [0.15, 0.2) is 0 Å². The first kappa shape index (κ1) is 16.3. The van der Waals surface area contributed by atoms with Crippen LogP contribution in [-0.2, 0) is 10.0 Å². The quantitative estimate of drug-likeness (QED) is 0.766. The topological polar surface area (TPSA) is 81.4 Å². The second-order valence-corrected chi connectivity index (χ2v) is 7.80. The summed E-state index contributed by atoms with van der Waals surface area (Å²) in [7, 11) is -3.49. The Balaban J connectivity index is 1.92. The number of hydrogen-bond donors (Lipinski definition) is 2. The van der Waals surface area contributed by atoms with Crippen LogP contribution in [0, 0.1) is 11.8 Å². The first-order chi connectivity index (χ1) is 9.88. The van der Waals surface area contributed by atoms with Crippen molar-refractivity contribution in [1.29, 1.82) is 0 Å². The van der Waals surface area contributed by atoms with Crippen molar-refractivity contribution in [3.8, 4) is 5.75 Å². The average molecular weight is 312 g/mol. The van der Waals surface area contributed by atoms with Crippen molar-refractivity contribution >= 4 is 10.0 Å². The van der Waals surface area contributed by atoms with Gasteiger partial charge in [-0.2, -0.15) is 0 Å². The molecule has 2 rings (SSSR count). The standard InChI is InChI=1S/C15H24N2O3S/c1-11(2)10-20-13-5-7-14(8-6-13)21(18,19)17-9-15(16)12-3-4-12/h5-8,11-12,15,17H,3-4,9-10,16H2,1-2H3. The number of sulfonamides is 1. The van der Waals surface area contributed by atoms with Gasteiger partial charge in [-0.15, -0.1) is 0 Å². The lowest BCUT2D eigenvalue weighted by Gasteiger charge is -2.13. The molecule has 118 valence electrons. The lowest BCUT2D eigenvalue weighted by Crippen LogP contribution is -2.38. The molecular weight excluding hydrogens is 288 g/mol. The molecule has 1 aromatic rings. The number of nitrogens with two attached hydrogens (primary N) is 1. The van der Waals surface area contributed by atoms with E-state index in [1.54, 1.807) is 24.3 Å². The van der Waals surface area contributed by atoms with Crippen LogP contribution in [-0.4, -0.2) is 27.6 Å². The second kappa shape index (κ2) is 6.77. The van der Waals surface area contributed by atoms with Crippen LogP contribution >= 0.6 is 0 Å². The normalized spacial score (nSPS) is 17.0. The Kier molecular flexibility index (Phi) is 5.24. The van der Waals surface area contributed by atoms with Crippen LogP contribution in [0.3, 0.4) is 0 Å². The summed E-state index contributed by atoms with van der Waals surface area (Å²) in [5.41, 5.74) is 5.91. The summed E-state index contributed by atoms with van der Waals surface area (Å²) < 4.78 is 32.4. The highest BCUT2D eigenvalue weighted by Crippen LogP contribution is 2.31. The zero-order valence-corrected chi connectivity index (χ0v) is 13.4. The third-order valence-electron chi connectivity index (χ3n) is 3.45. The van der Waals surface area contributed by atoms with Crippen LogP contribution in [0.4, 0.5) is 0 Å². The minimum Gasteiger partial charge on any atom is -0.493 e. The smallest absolute Gasteiger partial charge is 0.240 e. The molecule has 0 aliphatic heterocycles. The van der Waals surface area contributed by atoms with Gasteiger partial charge in [0.2, 0.25) is 10.0 Å². The predicted octanol–water partition coefficient (Wildman–Crippen LogP) is 1.74. The molecule has 1 saturated carbocycles. The third kappa shape index (κ3) is 4.98. The first-order valence-corrected chi connectivity index (χ1v) is 8.85. The van der Waals surface area contributed by atoms with E-state index in [4.69, 9.17) is 10.5 Å². The van der Waals surface area contributed by atoms with Gasteiger partial charge in [0, 0.05) is 12.6 Å². The van der Waals surface area contributed by atoms with Gasteiger partial charge < -0.3 is 10.5 Å². The molecule has 0 aromatic heterocycles. The highest BCUT2D eigenvalue weighted by molar-refractivity contribution is 7.89. The number of nitrogens with one attached hydrogen (secondary N) is 1. The van der Waals surface area contributed by atoms with Gasteiger partial charge in [0.25, 0.3) is 0 Å². The number of benzene rings is 1. The Hall–Kier alpha value is -1.11. The van der Waals surface area contributed by atoms with Gasteiger partial charge in [-0.25, -0.2) is 13.1 Å². The zero-order chi connectivity index (χ0) is 15.5. The Morgan fingerprint density at radius 1 is 1.29 bits per heavy atom. The van der Waals surface area contributed by atoms with Crippen molar-refractivity contribution in [2.45, 2.75) is 37.6 Å². The van der Waals surface area contributed by atoms with E-state index in [1.165, 1.54) is 0 Å². The van der Waals surface area contributed by atoms with Crippen molar-refractivity contribution < 1.29 is 13.2 Å². The van der Waals surface area contributed by atoms with E-state index in [-0.39, 0.29) is 10.9 Å². The summed E-state index contributed by atoms with van der Waals surface area (Å²) >= 11 is 0. The largest absolute Gasteiger partial charge is 0.493 e. The maximum Gasteiger partial charge on any atom is 0.240 e. The van der Waals surface area contributed by atoms with Crippen molar-refractivity contribution in [1.82, 2.24) is 4.72 Å². The molecule has 6 heteroatoms. The maximum atomic E-state index is 12.1. The fraction of sp³-hybridized carbons (Fsp3) is 0.600. The fourth-order valence-corrected chi connectivity index (χ4v) is 3.03. The molecule has 0 amide bonds. The lowest BCUT2D eigenvalue weighted by atomic mass is 10.2. The first-order valence-electron chi connectivity index (χ1n) is 7.36. The zero-order valence-electron chi connectivity index (χ0n) is 12.6.